The van der Waals surface area contributed by atoms with Gasteiger partial charge in [0.05, 0.1) is 0 Å². The first kappa shape index (κ1) is 15.3. The molecular weight excluding hydrogens is 234 g/mol. The first-order valence-electron chi connectivity index (χ1n) is 8.33. The van der Waals surface area contributed by atoms with Gasteiger partial charge in [-0.1, -0.05) is 20.3 Å². The zero-order valence-electron chi connectivity index (χ0n) is 13.4. The van der Waals surface area contributed by atoms with Gasteiger partial charge in [-0.25, -0.2) is 0 Å². The van der Waals surface area contributed by atoms with Crippen LogP contribution in [0.1, 0.15) is 46.5 Å². The van der Waals surface area contributed by atoms with Crippen LogP contribution in [0, 0.1) is 5.92 Å². The maximum Gasteiger partial charge on any atom is 0.0255 e. The van der Waals surface area contributed by atoms with Crippen molar-refractivity contribution in [3.05, 3.63) is 0 Å². The van der Waals surface area contributed by atoms with Gasteiger partial charge in [-0.05, 0) is 45.7 Å². The van der Waals surface area contributed by atoms with Gasteiger partial charge < -0.3 is 10.2 Å². The van der Waals surface area contributed by atoms with Gasteiger partial charge in [0.2, 0.25) is 0 Å². The highest BCUT2D eigenvalue weighted by molar-refractivity contribution is 4.94. The molecule has 0 aromatic heterocycles. The molecule has 2 fully saturated rings. The summed E-state index contributed by atoms with van der Waals surface area (Å²) in [5.74, 6) is 0.951. The van der Waals surface area contributed by atoms with E-state index in [1.165, 1.54) is 45.3 Å². The lowest BCUT2D eigenvalue weighted by atomic mass is 9.79. The van der Waals surface area contributed by atoms with Crippen LogP contribution in [0.25, 0.3) is 0 Å². The van der Waals surface area contributed by atoms with Crippen LogP contribution >= 0.6 is 0 Å². The summed E-state index contributed by atoms with van der Waals surface area (Å²) in [5.41, 5.74) is 0. The summed E-state index contributed by atoms with van der Waals surface area (Å²) in [6, 6.07) is 2.20. The first-order chi connectivity index (χ1) is 9.15. The summed E-state index contributed by atoms with van der Waals surface area (Å²) in [5, 5.41) is 3.75. The Balaban J connectivity index is 2.03. The smallest absolute Gasteiger partial charge is 0.0255 e. The molecule has 1 saturated carbocycles. The fourth-order valence-electron chi connectivity index (χ4n) is 4.12. The summed E-state index contributed by atoms with van der Waals surface area (Å²) in [4.78, 5) is 5.28. The van der Waals surface area contributed by atoms with Crippen molar-refractivity contribution in [1.82, 2.24) is 15.1 Å². The molecule has 1 saturated heterocycles. The Bertz CT molecular complexity index is 269. The van der Waals surface area contributed by atoms with Crippen LogP contribution in [0.2, 0.25) is 0 Å². The van der Waals surface area contributed by atoms with Crippen molar-refractivity contribution in [2.45, 2.75) is 64.6 Å². The zero-order chi connectivity index (χ0) is 13.8. The Hall–Kier alpha value is -0.120. The molecule has 4 atom stereocenters. The number of hydrogen-bond donors (Lipinski definition) is 1. The molecule has 1 aliphatic carbocycles. The van der Waals surface area contributed by atoms with E-state index in [1.54, 1.807) is 0 Å². The molecule has 0 amide bonds. The molecule has 3 heteroatoms. The molecule has 0 bridgehead atoms. The average molecular weight is 267 g/mol. The number of likely N-dealkylation sites (N-methyl/N-ethyl adjacent to an activating group) is 2. The molecule has 1 aliphatic heterocycles. The summed E-state index contributed by atoms with van der Waals surface area (Å²) < 4.78 is 0. The summed E-state index contributed by atoms with van der Waals surface area (Å²) in [6.45, 7) is 11.8. The number of nitrogens with one attached hydrogen (secondary N) is 1. The van der Waals surface area contributed by atoms with Crippen LogP contribution in [0.4, 0.5) is 0 Å². The van der Waals surface area contributed by atoms with Crippen LogP contribution in [-0.4, -0.2) is 61.2 Å². The lowest BCUT2D eigenvalue weighted by Crippen LogP contribution is -2.61. The van der Waals surface area contributed by atoms with Crippen LogP contribution in [0.3, 0.4) is 0 Å². The summed E-state index contributed by atoms with van der Waals surface area (Å²) >= 11 is 0. The molecule has 4 unspecified atom stereocenters. The molecule has 0 aromatic rings. The lowest BCUT2D eigenvalue weighted by Gasteiger charge is -2.49. The molecule has 2 aliphatic rings. The van der Waals surface area contributed by atoms with Crippen molar-refractivity contribution in [2.75, 3.05) is 33.2 Å². The molecule has 1 heterocycles. The van der Waals surface area contributed by atoms with Crippen molar-refractivity contribution >= 4 is 0 Å². The van der Waals surface area contributed by atoms with E-state index in [0.29, 0.717) is 6.04 Å². The first-order valence-corrected chi connectivity index (χ1v) is 8.33. The third-order valence-electron chi connectivity index (χ3n) is 5.28. The van der Waals surface area contributed by atoms with Crippen LogP contribution in [0.15, 0.2) is 0 Å². The predicted molar refractivity (Wildman–Crippen MR) is 82.5 cm³/mol. The van der Waals surface area contributed by atoms with Gasteiger partial charge in [-0.2, -0.15) is 0 Å². The summed E-state index contributed by atoms with van der Waals surface area (Å²) in [6.07, 6.45) is 5.56. The number of rotatable bonds is 4. The van der Waals surface area contributed by atoms with E-state index in [0.717, 1.165) is 24.5 Å². The number of nitrogens with zero attached hydrogens (tertiary/aromatic N) is 2. The molecule has 19 heavy (non-hydrogen) atoms. The van der Waals surface area contributed by atoms with Crippen molar-refractivity contribution in [3.63, 3.8) is 0 Å². The zero-order valence-corrected chi connectivity index (χ0v) is 13.4. The number of hydrogen-bond acceptors (Lipinski definition) is 3. The monoisotopic (exact) mass is 267 g/mol. The van der Waals surface area contributed by atoms with E-state index in [9.17, 15) is 0 Å². The van der Waals surface area contributed by atoms with Gasteiger partial charge in [-0.3, -0.25) is 4.90 Å². The minimum Gasteiger partial charge on any atom is -0.313 e. The second-order valence-corrected chi connectivity index (χ2v) is 6.67. The maximum absolute atomic E-state index is 3.75. The van der Waals surface area contributed by atoms with Gasteiger partial charge in [-0.15, -0.1) is 0 Å². The van der Waals surface area contributed by atoms with Crippen LogP contribution in [0.5, 0.6) is 0 Å². The van der Waals surface area contributed by atoms with Gasteiger partial charge in [0.15, 0.2) is 0 Å². The van der Waals surface area contributed by atoms with Gasteiger partial charge in [0, 0.05) is 37.8 Å². The highest BCUT2D eigenvalue weighted by Crippen LogP contribution is 2.31. The molecule has 112 valence electrons. The molecule has 0 aromatic carbocycles. The van der Waals surface area contributed by atoms with Crippen molar-refractivity contribution in [1.29, 1.82) is 0 Å². The highest BCUT2D eigenvalue weighted by Gasteiger charge is 2.36. The largest absolute Gasteiger partial charge is 0.313 e. The minimum atomic E-state index is 0.709. The lowest BCUT2D eigenvalue weighted by molar-refractivity contribution is 0.0185. The van der Waals surface area contributed by atoms with Gasteiger partial charge in [0.25, 0.3) is 0 Å². The standard InChI is InChI=1S/C16H33N3/c1-5-14-7-8-15(17-6-2)16(11-14)19-10-9-18(4)12-13(19)3/h13-17H,5-12H2,1-4H3. The average Bonchev–Trinajstić information content (AvgIpc) is 2.40. The van der Waals surface area contributed by atoms with E-state index >= 15 is 0 Å². The second-order valence-electron chi connectivity index (χ2n) is 6.67. The van der Waals surface area contributed by atoms with E-state index in [-0.39, 0.29) is 0 Å². The Morgan fingerprint density at radius 2 is 1.95 bits per heavy atom. The fourth-order valence-corrected chi connectivity index (χ4v) is 4.12. The van der Waals surface area contributed by atoms with Crippen LogP contribution in [-0.2, 0) is 0 Å². The third kappa shape index (κ3) is 3.71. The predicted octanol–water partition coefficient (Wildman–Crippen LogP) is 2.18. The van der Waals surface area contributed by atoms with Crippen molar-refractivity contribution < 1.29 is 0 Å². The van der Waals surface area contributed by atoms with E-state index in [2.05, 4.69) is 42.9 Å². The quantitative estimate of drug-likeness (QED) is 0.842. The Labute approximate surface area is 119 Å². The van der Waals surface area contributed by atoms with Crippen LogP contribution < -0.4 is 5.32 Å². The minimum absolute atomic E-state index is 0.709. The topological polar surface area (TPSA) is 18.5 Å². The fraction of sp³-hybridized carbons (Fsp3) is 1.00. The summed E-state index contributed by atoms with van der Waals surface area (Å²) in [7, 11) is 2.26. The van der Waals surface area contributed by atoms with Crippen molar-refractivity contribution in [3.8, 4) is 0 Å². The molecule has 0 radical (unpaired) electrons. The molecule has 2 rings (SSSR count). The molecule has 0 spiro atoms. The molecular formula is C16H33N3. The highest BCUT2D eigenvalue weighted by atomic mass is 15.3. The SMILES string of the molecule is CCNC1CCC(CC)CC1N1CCN(C)CC1C. The number of piperazine rings is 1. The van der Waals surface area contributed by atoms with E-state index < -0.39 is 0 Å². The van der Waals surface area contributed by atoms with E-state index in [4.69, 9.17) is 0 Å². The Kier molecular flexibility index (Phi) is 5.67. The normalized spacial score (nSPS) is 38.5. The molecule has 3 nitrogen and oxygen atoms in total. The maximum atomic E-state index is 3.75. The van der Waals surface area contributed by atoms with E-state index in [1.807, 2.05) is 0 Å². The molecule has 1 N–H and O–H groups in total. The Morgan fingerprint density at radius 1 is 1.16 bits per heavy atom. The third-order valence-corrected chi connectivity index (χ3v) is 5.28. The van der Waals surface area contributed by atoms with Gasteiger partial charge >= 0.3 is 0 Å². The second kappa shape index (κ2) is 7.05. The van der Waals surface area contributed by atoms with Crippen molar-refractivity contribution in [2.24, 2.45) is 5.92 Å². The Morgan fingerprint density at radius 3 is 2.58 bits per heavy atom. The van der Waals surface area contributed by atoms with Gasteiger partial charge in [0.1, 0.15) is 0 Å².